The molecule has 1 aromatic heterocycles. The van der Waals surface area contributed by atoms with Crippen molar-refractivity contribution in [3.63, 3.8) is 0 Å². The largest absolute Gasteiger partial charge is 0.507 e. The van der Waals surface area contributed by atoms with Gasteiger partial charge in [-0.05, 0) is 34.4 Å². The number of rotatable bonds is 25. The Bertz CT molecular complexity index is 3610. The second-order valence-corrected chi connectivity index (χ2v) is 20.5. The number of phenols is 1. The lowest BCUT2D eigenvalue weighted by Gasteiger charge is -2.44. The third kappa shape index (κ3) is 16.8. The Morgan fingerprint density at radius 1 is 0.449 bits per heavy atom. The molecule has 0 unspecified atom stereocenters. The summed E-state index contributed by atoms with van der Waals surface area (Å²) in [6.45, 7) is 5.24. The van der Waals surface area contributed by atoms with Gasteiger partial charge in [0.1, 0.15) is 67.7 Å². The Labute approximate surface area is 510 Å². The number of hydrogen-bond acceptors (Lipinski definition) is 23. The van der Waals surface area contributed by atoms with Crippen molar-refractivity contribution in [2.24, 2.45) is 0 Å². The van der Waals surface area contributed by atoms with Gasteiger partial charge in [-0.3, -0.25) is 33.6 Å². The van der Waals surface area contributed by atoms with Crippen LogP contribution >= 0.6 is 0 Å². The molecule has 23 heteroatoms. The molecule has 3 heterocycles. The third-order valence-electron chi connectivity index (χ3n) is 13.6. The van der Waals surface area contributed by atoms with Gasteiger partial charge in [-0.25, -0.2) is 0 Å². The Morgan fingerprint density at radius 2 is 0.865 bits per heavy atom. The molecule has 2 aliphatic heterocycles. The number of carbonyl (C=O) groups is 6. The molecule has 0 radical (unpaired) electrons. The van der Waals surface area contributed by atoms with E-state index in [1.165, 1.54) is 24.3 Å². The molecule has 0 saturated carbocycles. The van der Waals surface area contributed by atoms with E-state index in [1.807, 2.05) is 121 Å². The van der Waals surface area contributed by atoms with E-state index in [1.54, 1.807) is 0 Å². The number of benzene rings is 6. The zero-order valence-corrected chi connectivity index (χ0v) is 49.2. The van der Waals surface area contributed by atoms with Gasteiger partial charge in [0.2, 0.25) is 29.3 Å². The van der Waals surface area contributed by atoms with Crippen molar-refractivity contribution in [1.82, 2.24) is 0 Å². The lowest BCUT2D eigenvalue weighted by Crippen LogP contribution is -2.64. The van der Waals surface area contributed by atoms with Gasteiger partial charge in [-0.1, -0.05) is 121 Å². The van der Waals surface area contributed by atoms with Crippen molar-refractivity contribution in [3.8, 4) is 45.8 Å². The summed E-state index contributed by atoms with van der Waals surface area (Å²) in [5, 5.41) is 11.4. The minimum Gasteiger partial charge on any atom is -0.507 e. The number of aromatic hydroxyl groups is 1. The molecule has 6 aromatic carbocycles. The van der Waals surface area contributed by atoms with Crippen LogP contribution in [-0.2, 0) is 97.8 Å². The molecule has 1 N–H and O–H groups in total. The highest BCUT2D eigenvalue weighted by molar-refractivity contribution is 5.89. The van der Waals surface area contributed by atoms with Crippen LogP contribution in [0.25, 0.3) is 22.3 Å². The molecule has 89 heavy (non-hydrogen) atoms. The zero-order valence-electron chi connectivity index (χ0n) is 49.2. The standard InChI is InChI=1S/C66H64O23/c1-37(67)75-35-53-60(82-39(3)69)63(84-41(5)71)65(87-53)80-36-54-59(81-38(2)68)62(83-40(4)70)64(85-42(6)72)66(88-54)89-61-56(74)55-49(73)29-48(76-31-43-19-11-7-12-20-43)30-50(55)86-57(61)47-27-51(77-32-44-21-13-8-14-22-44)58(79-34-46-25-17-10-18-26-46)52(28-47)78-33-45-23-15-9-16-24-45/h7-30,53-54,59-60,62-66,73H,31-36H2,1-6H3/t53-,54-,59+,60-,62+,63-,64-,65-,66+/m1/s1. The predicted molar refractivity (Wildman–Crippen MR) is 311 cm³/mol. The van der Waals surface area contributed by atoms with Crippen LogP contribution in [0, 0.1) is 0 Å². The van der Waals surface area contributed by atoms with Crippen LogP contribution in [-0.4, -0.2) is 109 Å². The zero-order chi connectivity index (χ0) is 63.1. The topological polar surface area (TPSA) is 282 Å². The van der Waals surface area contributed by atoms with Crippen molar-refractivity contribution in [1.29, 1.82) is 0 Å². The Balaban J connectivity index is 1.21. The second kappa shape index (κ2) is 29.6. The van der Waals surface area contributed by atoms with Gasteiger partial charge in [0.15, 0.2) is 48.0 Å². The quantitative estimate of drug-likeness (QED) is 0.0414. The normalized spacial score (nSPS) is 20.3. The summed E-state index contributed by atoms with van der Waals surface area (Å²) < 4.78 is 91.7. The Morgan fingerprint density at radius 3 is 1.35 bits per heavy atom. The average molecular weight is 1230 g/mol. The lowest BCUT2D eigenvalue weighted by molar-refractivity contribution is -0.298. The molecule has 466 valence electrons. The van der Waals surface area contributed by atoms with Crippen LogP contribution in [0.15, 0.2) is 155 Å². The van der Waals surface area contributed by atoms with Crippen LogP contribution in [0.2, 0.25) is 0 Å². The first kappa shape index (κ1) is 63.5. The van der Waals surface area contributed by atoms with Gasteiger partial charge in [0, 0.05) is 59.2 Å². The van der Waals surface area contributed by atoms with Crippen LogP contribution < -0.4 is 29.1 Å². The minimum atomic E-state index is -2.06. The summed E-state index contributed by atoms with van der Waals surface area (Å²) in [4.78, 5) is 92.0. The Hall–Kier alpha value is -9.97. The first-order valence-electron chi connectivity index (χ1n) is 28.1. The van der Waals surface area contributed by atoms with E-state index in [4.69, 9.17) is 70.7 Å². The van der Waals surface area contributed by atoms with E-state index >= 15 is 4.79 Å². The van der Waals surface area contributed by atoms with E-state index in [0.717, 1.165) is 63.8 Å². The molecule has 0 bridgehead atoms. The molecular formula is C66H64O23. The monoisotopic (exact) mass is 1220 g/mol. The van der Waals surface area contributed by atoms with Crippen molar-refractivity contribution >= 4 is 46.8 Å². The molecular weight excluding hydrogens is 1160 g/mol. The summed E-state index contributed by atoms with van der Waals surface area (Å²) in [5.41, 5.74) is 1.93. The van der Waals surface area contributed by atoms with Crippen LogP contribution in [0.4, 0.5) is 0 Å². The first-order chi connectivity index (χ1) is 42.9. The fraction of sp³-hybridized carbons (Fsp3) is 0.318. The molecule has 0 amide bonds. The van der Waals surface area contributed by atoms with E-state index in [0.29, 0.717) is 0 Å². The summed E-state index contributed by atoms with van der Waals surface area (Å²) in [5.74, 6) is -6.55. The highest BCUT2D eigenvalue weighted by atomic mass is 16.8. The molecule has 2 fully saturated rings. The maximum absolute atomic E-state index is 15.6. The number of hydrogen-bond donors (Lipinski definition) is 1. The summed E-state index contributed by atoms with van der Waals surface area (Å²) in [6, 6.07) is 42.7. The molecule has 2 saturated heterocycles. The van der Waals surface area contributed by atoms with Gasteiger partial charge in [0.05, 0.1) is 6.61 Å². The Kier molecular flexibility index (Phi) is 21.1. The van der Waals surface area contributed by atoms with Gasteiger partial charge in [-0.15, -0.1) is 0 Å². The number of ether oxygens (including phenoxy) is 14. The van der Waals surface area contributed by atoms with Crippen LogP contribution in [0.5, 0.6) is 34.5 Å². The van der Waals surface area contributed by atoms with E-state index in [9.17, 15) is 33.9 Å². The average Bonchev–Trinajstić information content (AvgIpc) is 1.43. The van der Waals surface area contributed by atoms with E-state index in [2.05, 4.69) is 0 Å². The smallest absolute Gasteiger partial charge is 0.303 e. The molecule has 7 aromatic rings. The summed E-state index contributed by atoms with van der Waals surface area (Å²) in [6.07, 6.45) is -15.0. The van der Waals surface area contributed by atoms with Gasteiger partial charge >= 0.3 is 35.8 Å². The fourth-order valence-corrected chi connectivity index (χ4v) is 9.84. The molecule has 0 spiro atoms. The maximum Gasteiger partial charge on any atom is 0.303 e. The van der Waals surface area contributed by atoms with Crippen molar-refractivity contribution in [2.45, 2.75) is 123 Å². The van der Waals surface area contributed by atoms with Gasteiger partial charge in [0.25, 0.3) is 0 Å². The van der Waals surface area contributed by atoms with Crippen LogP contribution in [0.1, 0.15) is 63.8 Å². The summed E-state index contributed by atoms with van der Waals surface area (Å²) in [7, 11) is 0. The van der Waals surface area contributed by atoms with Gasteiger partial charge in [-0.2, -0.15) is 0 Å². The molecule has 2 aliphatic rings. The number of carbonyl (C=O) groups excluding carboxylic acids is 6. The van der Waals surface area contributed by atoms with E-state index < -0.39 is 127 Å². The summed E-state index contributed by atoms with van der Waals surface area (Å²) >= 11 is 0. The molecule has 9 atom stereocenters. The maximum atomic E-state index is 15.6. The predicted octanol–water partition coefficient (Wildman–Crippen LogP) is 8.55. The third-order valence-corrected chi connectivity index (χ3v) is 13.6. The first-order valence-corrected chi connectivity index (χ1v) is 28.1. The van der Waals surface area contributed by atoms with E-state index in [-0.39, 0.29) is 66.3 Å². The van der Waals surface area contributed by atoms with Crippen LogP contribution in [0.3, 0.4) is 0 Å². The second-order valence-electron chi connectivity index (χ2n) is 20.5. The minimum absolute atomic E-state index is 0.000378. The highest BCUT2D eigenvalue weighted by Crippen LogP contribution is 2.46. The molecule has 9 rings (SSSR count). The van der Waals surface area contributed by atoms with Crippen molar-refractivity contribution < 1.29 is 105 Å². The molecule has 0 aliphatic carbocycles. The lowest BCUT2D eigenvalue weighted by atomic mass is 9.98. The highest BCUT2D eigenvalue weighted by Gasteiger charge is 2.55. The van der Waals surface area contributed by atoms with Crippen molar-refractivity contribution in [2.75, 3.05) is 13.2 Å². The fourth-order valence-electron chi connectivity index (χ4n) is 9.84. The van der Waals surface area contributed by atoms with Gasteiger partial charge < -0.3 is 75.8 Å². The number of esters is 6. The van der Waals surface area contributed by atoms with Crippen molar-refractivity contribution in [3.05, 3.63) is 178 Å². The number of fused-ring (bicyclic) bond motifs is 1. The SMILES string of the molecule is CC(=O)OC[C@H]1O[C@@H](OC[C@H]2O[C@@H](Oc3c(-c4cc(OCc5ccccc5)c(OCc5ccccc5)c(OCc5ccccc5)c4)oc4cc(OCc5ccccc5)cc(O)c4c3=O)[C@H](OC(C)=O)[C@@H](OC(C)=O)[C@H]2OC(C)=O)[C@H](OC(C)=O)[C@@H]1OC(C)=O. The number of phenolic OH excluding ortho intramolecular Hbond substituents is 1. The molecule has 23 nitrogen and oxygen atoms in total.